The number of ether oxygens (including phenoxy) is 1. The molecule has 0 saturated carbocycles. The third-order valence-corrected chi connectivity index (χ3v) is 4.69. The van der Waals surface area contributed by atoms with Gasteiger partial charge < -0.3 is 10.1 Å². The summed E-state index contributed by atoms with van der Waals surface area (Å²) in [6.45, 7) is 4.72. The molecule has 0 aliphatic carbocycles. The molecule has 0 saturated heterocycles. The highest BCUT2D eigenvalue weighted by Gasteiger charge is 2.09. The first kappa shape index (κ1) is 19.3. The van der Waals surface area contributed by atoms with Crippen molar-refractivity contribution in [3.63, 3.8) is 0 Å². The second-order valence-corrected chi connectivity index (χ2v) is 7.08. The summed E-state index contributed by atoms with van der Waals surface area (Å²) in [5.74, 6) is 2.08. The van der Waals surface area contributed by atoms with E-state index in [9.17, 15) is 9.18 Å². The van der Waals surface area contributed by atoms with Crippen molar-refractivity contribution in [2.45, 2.75) is 25.5 Å². The molecule has 2 rings (SSSR count). The van der Waals surface area contributed by atoms with Crippen molar-refractivity contribution in [2.75, 3.05) is 18.9 Å². The number of carbonyl (C=O) groups is 1. The highest BCUT2D eigenvalue weighted by Crippen LogP contribution is 2.25. The van der Waals surface area contributed by atoms with Crippen LogP contribution in [0.2, 0.25) is 0 Å². The SMILES string of the molecule is CC(C)c1ccccc1OCC(=O)NCCSCc1ccccc1F. The Labute approximate surface area is 153 Å². The lowest BCUT2D eigenvalue weighted by Crippen LogP contribution is -2.30. The summed E-state index contributed by atoms with van der Waals surface area (Å²) in [6.07, 6.45) is 0. The van der Waals surface area contributed by atoms with E-state index in [4.69, 9.17) is 4.74 Å². The molecule has 0 unspecified atom stereocenters. The van der Waals surface area contributed by atoms with Crippen molar-refractivity contribution < 1.29 is 13.9 Å². The Bertz CT molecular complexity index is 691. The molecule has 0 bridgehead atoms. The summed E-state index contributed by atoms with van der Waals surface area (Å²) in [5, 5.41) is 2.82. The first-order chi connectivity index (χ1) is 12.1. The van der Waals surface area contributed by atoms with Crippen molar-refractivity contribution in [1.82, 2.24) is 5.32 Å². The number of thioether (sulfide) groups is 1. The Hall–Kier alpha value is -2.01. The lowest BCUT2D eigenvalue weighted by Gasteiger charge is -2.13. The van der Waals surface area contributed by atoms with Crippen LogP contribution in [-0.4, -0.2) is 24.8 Å². The van der Waals surface area contributed by atoms with Crippen molar-refractivity contribution in [3.05, 3.63) is 65.5 Å². The maximum absolute atomic E-state index is 13.5. The maximum Gasteiger partial charge on any atom is 0.257 e. The average Bonchev–Trinajstić information content (AvgIpc) is 2.61. The van der Waals surface area contributed by atoms with Crippen LogP contribution in [0.4, 0.5) is 4.39 Å². The van der Waals surface area contributed by atoms with E-state index in [0.717, 1.165) is 17.1 Å². The summed E-state index contributed by atoms with van der Waals surface area (Å²) >= 11 is 1.59. The number of halogens is 1. The summed E-state index contributed by atoms with van der Waals surface area (Å²) in [4.78, 5) is 11.9. The number of nitrogens with one attached hydrogen (secondary N) is 1. The topological polar surface area (TPSA) is 38.3 Å². The van der Waals surface area contributed by atoms with Gasteiger partial charge in [0, 0.05) is 18.1 Å². The van der Waals surface area contributed by atoms with Crippen molar-refractivity contribution in [1.29, 1.82) is 0 Å². The van der Waals surface area contributed by atoms with Gasteiger partial charge in [0.1, 0.15) is 11.6 Å². The van der Waals surface area contributed by atoms with E-state index in [-0.39, 0.29) is 18.3 Å². The fourth-order valence-electron chi connectivity index (χ4n) is 2.34. The van der Waals surface area contributed by atoms with Crippen LogP contribution in [0.3, 0.4) is 0 Å². The molecule has 0 radical (unpaired) electrons. The van der Waals surface area contributed by atoms with Gasteiger partial charge in [-0.15, -0.1) is 0 Å². The molecule has 0 aliphatic heterocycles. The van der Waals surface area contributed by atoms with Gasteiger partial charge in [-0.25, -0.2) is 4.39 Å². The normalized spacial score (nSPS) is 10.7. The Morgan fingerprint density at radius 3 is 2.64 bits per heavy atom. The molecule has 2 aromatic rings. The molecule has 3 nitrogen and oxygen atoms in total. The molecule has 1 amide bonds. The Morgan fingerprint density at radius 1 is 1.16 bits per heavy atom. The standard InChI is InChI=1S/C20H24FNO2S/c1-15(2)17-8-4-6-10-19(17)24-13-20(23)22-11-12-25-14-16-7-3-5-9-18(16)21/h3-10,15H,11-14H2,1-2H3,(H,22,23). The zero-order valence-corrected chi connectivity index (χ0v) is 15.4. The number of para-hydroxylation sites is 1. The molecule has 0 spiro atoms. The van der Waals surface area contributed by atoms with Gasteiger partial charge in [0.25, 0.3) is 5.91 Å². The maximum atomic E-state index is 13.5. The minimum Gasteiger partial charge on any atom is -0.483 e. The van der Waals surface area contributed by atoms with Crippen LogP contribution in [-0.2, 0) is 10.5 Å². The summed E-state index contributed by atoms with van der Waals surface area (Å²) in [7, 11) is 0. The molecular weight excluding hydrogens is 337 g/mol. The van der Waals surface area contributed by atoms with E-state index in [0.29, 0.717) is 23.8 Å². The van der Waals surface area contributed by atoms with E-state index in [1.54, 1.807) is 23.9 Å². The number of rotatable bonds is 9. The zero-order chi connectivity index (χ0) is 18.1. The third-order valence-electron chi connectivity index (χ3n) is 3.68. The molecule has 0 aliphatic rings. The van der Waals surface area contributed by atoms with Crippen LogP contribution in [0.1, 0.15) is 30.9 Å². The van der Waals surface area contributed by atoms with Gasteiger partial charge in [0.2, 0.25) is 0 Å². The predicted molar refractivity (Wildman–Crippen MR) is 102 cm³/mol. The highest BCUT2D eigenvalue weighted by molar-refractivity contribution is 7.98. The largest absolute Gasteiger partial charge is 0.483 e. The zero-order valence-electron chi connectivity index (χ0n) is 14.6. The fraction of sp³-hybridized carbons (Fsp3) is 0.350. The van der Waals surface area contributed by atoms with Gasteiger partial charge in [-0.1, -0.05) is 50.2 Å². The lowest BCUT2D eigenvalue weighted by atomic mass is 10.0. The second kappa shape index (κ2) is 10.1. The van der Waals surface area contributed by atoms with E-state index < -0.39 is 0 Å². The monoisotopic (exact) mass is 361 g/mol. The molecule has 1 N–H and O–H groups in total. The number of carbonyl (C=O) groups excluding carboxylic acids is 1. The van der Waals surface area contributed by atoms with Gasteiger partial charge in [-0.2, -0.15) is 11.8 Å². The van der Waals surface area contributed by atoms with Crippen LogP contribution in [0, 0.1) is 5.82 Å². The molecule has 2 aromatic carbocycles. The van der Waals surface area contributed by atoms with Gasteiger partial charge >= 0.3 is 0 Å². The fourth-order valence-corrected chi connectivity index (χ4v) is 3.19. The third kappa shape index (κ3) is 6.42. The lowest BCUT2D eigenvalue weighted by molar-refractivity contribution is -0.122. The highest BCUT2D eigenvalue weighted by atomic mass is 32.2. The van der Waals surface area contributed by atoms with E-state index in [2.05, 4.69) is 19.2 Å². The van der Waals surface area contributed by atoms with Gasteiger partial charge in [-0.05, 0) is 29.2 Å². The Kier molecular flexibility index (Phi) is 7.79. The van der Waals surface area contributed by atoms with Gasteiger partial charge in [0.05, 0.1) is 0 Å². The van der Waals surface area contributed by atoms with Crippen molar-refractivity contribution in [2.24, 2.45) is 0 Å². The van der Waals surface area contributed by atoms with E-state index in [1.807, 2.05) is 30.3 Å². The molecule has 5 heteroatoms. The molecule has 0 aromatic heterocycles. The predicted octanol–water partition coefficient (Wildman–Crippen LogP) is 4.38. The summed E-state index contributed by atoms with van der Waals surface area (Å²) in [5.41, 5.74) is 1.78. The molecule has 25 heavy (non-hydrogen) atoms. The van der Waals surface area contributed by atoms with Crippen LogP contribution in [0.25, 0.3) is 0 Å². The quantitative estimate of drug-likeness (QED) is 0.674. The summed E-state index contributed by atoms with van der Waals surface area (Å²) < 4.78 is 19.1. The Morgan fingerprint density at radius 2 is 1.88 bits per heavy atom. The number of hydrogen-bond acceptors (Lipinski definition) is 3. The van der Waals surface area contributed by atoms with Gasteiger partial charge in [-0.3, -0.25) is 4.79 Å². The second-order valence-electron chi connectivity index (χ2n) is 5.98. The van der Waals surface area contributed by atoms with Crippen LogP contribution < -0.4 is 10.1 Å². The van der Waals surface area contributed by atoms with Gasteiger partial charge in [0.15, 0.2) is 6.61 Å². The minimum atomic E-state index is -0.184. The molecular formula is C20H24FNO2S. The van der Waals surface area contributed by atoms with E-state index >= 15 is 0 Å². The van der Waals surface area contributed by atoms with Crippen molar-refractivity contribution in [3.8, 4) is 5.75 Å². The molecule has 0 fully saturated rings. The first-order valence-corrected chi connectivity index (χ1v) is 9.53. The van der Waals surface area contributed by atoms with Crippen LogP contribution >= 0.6 is 11.8 Å². The number of benzene rings is 2. The number of hydrogen-bond donors (Lipinski definition) is 1. The summed E-state index contributed by atoms with van der Waals surface area (Å²) in [6, 6.07) is 14.5. The minimum absolute atomic E-state index is 0.00170. The Balaban J connectivity index is 1.65. The molecule has 0 atom stereocenters. The molecule has 0 heterocycles. The van der Waals surface area contributed by atoms with Crippen molar-refractivity contribution >= 4 is 17.7 Å². The molecule has 134 valence electrons. The first-order valence-electron chi connectivity index (χ1n) is 8.37. The van der Waals surface area contributed by atoms with Crippen LogP contribution in [0.5, 0.6) is 5.75 Å². The van der Waals surface area contributed by atoms with E-state index in [1.165, 1.54) is 6.07 Å². The smallest absolute Gasteiger partial charge is 0.257 e. The van der Waals surface area contributed by atoms with Crippen LogP contribution in [0.15, 0.2) is 48.5 Å². The number of amides is 1. The average molecular weight is 361 g/mol.